The van der Waals surface area contributed by atoms with Gasteiger partial charge < -0.3 is 5.32 Å². The zero-order valence-electron chi connectivity index (χ0n) is 10.8. The Balaban J connectivity index is 3.14. The zero-order chi connectivity index (χ0) is 13.1. The molecule has 0 saturated carbocycles. The maximum Gasteiger partial charge on any atom is 0.151 e. The van der Waals surface area contributed by atoms with Crippen LogP contribution in [-0.2, 0) is 9.84 Å². The predicted molar refractivity (Wildman–Crippen MR) is 69.7 cm³/mol. The van der Waals surface area contributed by atoms with E-state index in [1.807, 2.05) is 19.9 Å². The van der Waals surface area contributed by atoms with E-state index in [0.717, 1.165) is 17.7 Å². The molecule has 17 heavy (non-hydrogen) atoms. The Morgan fingerprint density at radius 3 is 2.59 bits per heavy atom. The van der Waals surface area contributed by atoms with Crippen LogP contribution in [0.15, 0.2) is 18.5 Å². The van der Waals surface area contributed by atoms with Gasteiger partial charge >= 0.3 is 0 Å². The molecule has 5 heteroatoms. The van der Waals surface area contributed by atoms with E-state index in [9.17, 15) is 8.42 Å². The van der Waals surface area contributed by atoms with Crippen LogP contribution in [0.1, 0.15) is 31.0 Å². The van der Waals surface area contributed by atoms with Crippen LogP contribution in [0, 0.1) is 6.92 Å². The molecule has 2 atom stereocenters. The topological polar surface area (TPSA) is 59.1 Å². The van der Waals surface area contributed by atoms with E-state index in [0.29, 0.717) is 0 Å². The van der Waals surface area contributed by atoms with Crippen LogP contribution in [0.2, 0.25) is 0 Å². The molecule has 1 heterocycles. The average molecular weight is 256 g/mol. The Kier molecular flexibility index (Phi) is 4.65. The minimum absolute atomic E-state index is 0.205. The van der Waals surface area contributed by atoms with Crippen molar-refractivity contribution in [3.8, 4) is 0 Å². The Labute approximate surface area is 103 Å². The minimum atomic E-state index is -3.08. The fraction of sp³-hybridized carbons (Fsp3) is 0.583. The van der Waals surface area contributed by atoms with E-state index < -0.39 is 15.1 Å². The number of nitrogens with zero attached hydrogens (tertiary/aromatic N) is 1. The number of hydrogen-bond acceptors (Lipinski definition) is 4. The molecule has 0 spiro atoms. The maximum atomic E-state index is 11.7. The molecule has 1 aromatic rings. The van der Waals surface area contributed by atoms with Gasteiger partial charge in [0.1, 0.15) is 0 Å². The number of hydrogen-bond donors (Lipinski definition) is 1. The fourth-order valence-electron chi connectivity index (χ4n) is 1.80. The van der Waals surface area contributed by atoms with Gasteiger partial charge in [0.25, 0.3) is 0 Å². The molecule has 2 unspecified atom stereocenters. The van der Waals surface area contributed by atoms with Gasteiger partial charge in [-0.15, -0.1) is 0 Å². The summed E-state index contributed by atoms with van der Waals surface area (Å²) in [6.07, 6.45) is 4.73. The highest BCUT2D eigenvalue weighted by Gasteiger charge is 2.27. The van der Waals surface area contributed by atoms with Gasteiger partial charge in [0, 0.05) is 18.6 Å². The number of aromatic nitrogens is 1. The first-order chi connectivity index (χ1) is 7.88. The summed E-state index contributed by atoms with van der Waals surface area (Å²) < 4.78 is 23.3. The Morgan fingerprint density at radius 1 is 1.47 bits per heavy atom. The van der Waals surface area contributed by atoms with Crippen LogP contribution >= 0.6 is 0 Å². The van der Waals surface area contributed by atoms with Crippen molar-refractivity contribution >= 4 is 9.84 Å². The lowest BCUT2D eigenvalue weighted by Gasteiger charge is -2.25. The molecular formula is C12H20N2O2S. The summed E-state index contributed by atoms with van der Waals surface area (Å²) in [6, 6.07) is 1.69. The average Bonchev–Trinajstić information content (AvgIpc) is 2.25. The molecule has 0 radical (unpaired) electrons. The lowest BCUT2D eigenvalue weighted by atomic mass is 10.0. The van der Waals surface area contributed by atoms with E-state index in [1.165, 1.54) is 6.26 Å². The number of aryl methyl sites for hydroxylation is 1. The van der Waals surface area contributed by atoms with Gasteiger partial charge in [0.15, 0.2) is 9.84 Å². The monoisotopic (exact) mass is 256 g/mol. The van der Waals surface area contributed by atoms with Gasteiger partial charge in [-0.2, -0.15) is 0 Å². The second-order valence-electron chi connectivity index (χ2n) is 4.30. The third-order valence-corrected chi connectivity index (χ3v) is 4.61. The maximum absolute atomic E-state index is 11.7. The van der Waals surface area contributed by atoms with E-state index in [-0.39, 0.29) is 6.04 Å². The summed E-state index contributed by atoms with van der Waals surface area (Å²) in [6.45, 7) is 6.39. The second-order valence-corrected chi connectivity index (χ2v) is 6.70. The van der Waals surface area contributed by atoms with Crippen molar-refractivity contribution in [3.63, 3.8) is 0 Å². The van der Waals surface area contributed by atoms with Crippen molar-refractivity contribution in [1.82, 2.24) is 10.3 Å². The second kappa shape index (κ2) is 5.60. The normalized spacial score (nSPS) is 15.5. The summed E-state index contributed by atoms with van der Waals surface area (Å²) in [5.74, 6) is 0. The Morgan fingerprint density at radius 2 is 2.12 bits per heavy atom. The van der Waals surface area contributed by atoms with Gasteiger partial charge in [-0.25, -0.2) is 8.42 Å². The molecule has 1 aromatic heterocycles. The molecule has 1 N–H and O–H groups in total. The summed E-state index contributed by atoms with van der Waals surface area (Å²) >= 11 is 0. The van der Waals surface area contributed by atoms with Gasteiger partial charge in [-0.1, -0.05) is 6.92 Å². The molecule has 4 nitrogen and oxygen atoms in total. The summed E-state index contributed by atoms with van der Waals surface area (Å²) in [5, 5.41) is 2.76. The van der Waals surface area contributed by atoms with E-state index in [4.69, 9.17) is 0 Å². The first-order valence-corrected chi connectivity index (χ1v) is 7.66. The Hall–Kier alpha value is -0.940. The fourth-order valence-corrected chi connectivity index (χ4v) is 2.53. The standard InChI is InChI=1S/C12H20N2O2S/c1-5-14-12(10(3)17(4,15)16)11-8-13-7-6-9(11)2/h6-8,10,12,14H,5H2,1-4H3. The van der Waals surface area contributed by atoms with E-state index >= 15 is 0 Å². The molecule has 0 amide bonds. The molecular weight excluding hydrogens is 236 g/mol. The van der Waals surface area contributed by atoms with Crippen molar-refractivity contribution in [1.29, 1.82) is 0 Å². The van der Waals surface area contributed by atoms with Crippen molar-refractivity contribution in [2.45, 2.75) is 32.1 Å². The summed E-state index contributed by atoms with van der Waals surface area (Å²) in [7, 11) is -3.08. The van der Waals surface area contributed by atoms with Crippen molar-refractivity contribution in [2.24, 2.45) is 0 Å². The van der Waals surface area contributed by atoms with Crippen LogP contribution < -0.4 is 5.32 Å². The molecule has 0 bridgehead atoms. The minimum Gasteiger partial charge on any atom is -0.309 e. The SMILES string of the molecule is CCNC(c1cnccc1C)C(C)S(C)(=O)=O. The summed E-state index contributed by atoms with van der Waals surface area (Å²) in [5.41, 5.74) is 2.01. The number of rotatable bonds is 5. The van der Waals surface area contributed by atoms with Crippen molar-refractivity contribution in [3.05, 3.63) is 29.6 Å². The van der Waals surface area contributed by atoms with Gasteiger partial charge in [0.05, 0.1) is 11.3 Å². The Bertz CT molecular complexity index is 471. The van der Waals surface area contributed by atoms with Crippen molar-refractivity contribution in [2.75, 3.05) is 12.8 Å². The van der Waals surface area contributed by atoms with Crippen LogP contribution in [0.4, 0.5) is 0 Å². The van der Waals surface area contributed by atoms with E-state index in [2.05, 4.69) is 10.3 Å². The number of sulfone groups is 1. The number of pyridine rings is 1. The predicted octanol–water partition coefficient (Wildman–Crippen LogP) is 1.47. The molecule has 0 aliphatic heterocycles. The van der Waals surface area contributed by atoms with Crippen LogP contribution in [-0.4, -0.2) is 31.5 Å². The van der Waals surface area contributed by atoms with Crippen LogP contribution in [0.3, 0.4) is 0 Å². The third-order valence-electron chi connectivity index (χ3n) is 2.98. The summed E-state index contributed by atoms with van der Waals surface area (Å²) in [4.78, 5) is 4.08. The molecule has 0 aromatic carbocycles. The molecule has 0 saturated heterocycles. The van der Waals surface area contributed by atoms with Crippen molar-refractivity contribution < 1.29 is 8.42 Å². The van der Waals surface area contributed by atoms with Gasteiger partial charge in [-0.05, 0) is 37.6 Å². The molecule has 0 aliphatic rings. The highest BCUT2D eigenvalue weighted by molar-refractivity contribution is 7.91. The lowest BCUT2D eigenvalue weighted by molar-refractivity contribution is 0.510. The third kappa shape index (κ3) is 3.51. The van der Waals surface area contributed by atoms with Gasteiger partial charge in [0.2, 0.25) is 0 Å². The molecule has 96 valence electrons. The molecule has 0 fully saturated rings. The quantitative estimate of drug-likeness (QED) is 0.867. The highest BCUT2D eigenvalue weighted by atomic mass is 32.2. The lowest BCUT2D eigenvalue weighted by Crippen LogP contribution is -2.35. The van der Waals surface area contributed by atoms with E-state index in [1.54, 1.807) is 19.3 Å². The van der Waals surface area contributed by atoms with Crippen LogP contribution in [0.25, 0.3) is 0 Å². The highest BCUT2D eigenvalue weighted by Crippen LogP contribution is 2.23. The smallest absolute Gasteiger partial charge is 0.151 e. The van der Waals surface area contributed by atoms with Gasteiger partial charge in [-0.3, -0.25) is 4.98 Å². The molecule has 0 aliphatic carbocycles. The first-order valence-electron chi connectivity index (χ1n) is 5.70. The molecule has 1 rings (SSSR count). The van der Waals surface area contributed by atoms with Crippen LogP contribution in [0.5, 0.6) is 0 Å². The number of nitrogens with one attached hydrogen (secondary N) is 1. The largest absolute Gasteiger partial charge is 0.309 e. The zero-order valence-corrected chi connectivity index (χ0v) is 11.6. The first kappa shape index (κ1) is 14.1.